The first-order chi connectivity index (χ1) is 25.1. The zero-order valence-corrected chi connectivity index (χ0v) is 28.5. The summed E-state index contributed by atoms with van der Waals surface area (Å²) in [5, 5.41) is 105. The number of benzene rings is 2. The molecule has 292 valence electrons. The maximum atomic E-state index is 12.8. The van der Waals surface area contributed by atoms with Crippen LogP contribution >= 0.6 is 0 Å². The lowest BCUT2D eigenvalue weighted by Gasteiger charge is -2.46. The fraction of sp³-hybridized carbons (Fsp3) is 0.559. The van der Waals surface area contributed by atoms with Gasteiger partial charge in [-0.25, -0.2) is 0 Å². The van der Waals surface area contributed by atoms with Crippen molar-refractivity contribution in [2.24, 2.45) is 0 Å². The van der Waals surface area contributed by atoms with E-state index in [0.717, 1.165) is 0 Å². The van der Waals surface area contributed by atoms with Crippen molar-refractivity contribution in [1.29, 1.82) is 0 Å². The van der Waals surface area contributed by atoms with Crippen LogP contribution in [-0.4, -0.2) is 157 Å². The number of methoxy groups -OCH3 is 1. The van der Waals surface area contributed by atoms with Crippen molar-refractivity contribution in [3.05, 3.63) is 46.6 Å². The maximum absolute atomic E-state index is 12.8. The van der Waals surface area contributed by atoms with Gasteiger partial charge in [0, 0.05) is 17.7 Å². The molecule has 3 aliphatic rings. The number of phenolic OH excluding ortho intramolecular Hbond substituents is 1. The molecule has 2 aromatic carbocycles. The highest BCUT2D eigenvalue weighted by Gasteiger charge is 2.51. The van der Waals surface area contributed by atoms with E-state index in [1.165, 1.54) is 57.4 Å². The molecule has 1 aromatic heterocycles. The first-order valence-electron chi connectivity index (χ1n) is 16.6. The number of aliphatic hydroxyl groups excluding tert-OH is 8. The van der Waals surface area contributed by atoms with Gasteiger partial charge in [-0.05, 0) is 38.1 Å². The van der Waals surface area contributed by atoms with Crippen LogP contribution in [0.2, 0.25) is 0 Å². The van der Waals surface area contributed by atoms with Crippen molar-refractivity contribution in [2.45, 2.75) is 106 Å². The molecule has 0 spiro atoms. The van der Waals surface area contributed by atoms with Gasteiger partial charge >= 0.3 is 0 Å². The summed E-state index contributed by atoms with van der Waals surface area (Å²) in [5.41, 5.74) is -0.705. The Hall–Kier alpha value is -3.67. The van der Waals surface area contributed by atoms with E-state index in [1.54, 1.807) is 0 Å². The molecule has 0 amide bonds. The summed E-state index contributed by atoms with van der Waals surface area (Å²) in [7, 11) is 1.36. The van der Waals surface area contributed by atoms with Gasteiger partial charge < -0.3 is 88.6 Å². The predicted octanol–water partition coefficient (Wildman–Crippen LogP) is -2.24. The molecule has 0 radical (unpaired) electrons. The third-order valence-electron chi connectivity index (χ3n) is 9.50. The van der Waals surface area contributed by atoms with Gasteiger partial charge in [0.05, 0.1) is 25.9 Å². The minimum Gasteiger partial charge on any atom is -0.507 e. The Bertz CT molecular complexity index is 1780. The predicted molar refractivity (Wildman–Crippen MR) is 175 cm³/mol. The monoisotopic (exact) mass is 754 g/mol. The van der Waals surface area contributed by atoms with Crippen LogP contribution < -0.4 is 14.9 Å². The molecule has 19 nitrogen and oxygen atoms in total. The van der Waals surface area contributed by atoms with Crippen LogP contribution in [-0.2, 0) is 23.7 Å². The second-order valence-corrected chi connectivity index (χ2v) is 13.1. The van der Waals surface area contributed by atoms with E-state index in [0.29, 0.717) is 0 Å². The Balaban J connectivity index is 1.12. The number of hydrogen-bond acceptors (Lipinski definition) is 19. The zero-order chi connectivity index (χ0) is 38.5. The van der Waals surface area contributed by atoms with E-state index in [1.807, 2.05) is 0 Å². The van der Waals surface area contributed by atoms with Gasteiger partial charge in [0.15, 0.2) is 18.3 Å². The number of aliphatic hydroxyl groups is 8. The van der Waals surface area contributed by atoms with Crippen molar-refractivity contribution >= 4 is 11.0 Å². The summed E-state index contributed by atoms with van der Waals surface area (Å²) < 4.78 is 44.6. The summed E-state index contributed by atoms with van der Waals surface area (Å²) in [4.78, 5) is 12.8. The second kappa shape index (κ2) is 15.6. The summed E-state index contributed by atoms with van der Waals surface area (Å²) in [5.74, 6) is -1.14. The molecule has 3 saturated heterocycles. The second-order valence-electron chi connectivity index (χ2n) is 13.1. The van der Waals surface area contributed by atoms with Crippen molar-refractivity contribution in [3.8, 4) is 34.3 Å². The highest BCUT2D eigenvalue weighted by molar-refractivity contribution is 5.88. The number of rotatable bonds is 9. The Labute approximate surface area is 300 Å². The number of hydrogen-bond donors (Lipinski definition) is 10. The molecule has 19 heteroatoms. The number of fused-ring (bicyclic) bond motifs is 1. The summed E-state index contributed by atoms with van der Waals surface area (Å²) in [6.07, 6.45) is -22.7. The Kier molecular flexibility index (Phi) is 11.5. The van der Waals surface area contributed by atoms with Crippen LogP contribution in [0.4, 0.5) is 0 Å². The summed E-state index contributed by atoms with van der Waals surface area (Å²) >= 11 is 0. The quantitative estimate of drug-likeness (QED) is 0.110. The lowest BCUT2D eigenvalue weighted by molar-refractivity contribution is -0.358. The molecule has 4 heterocycles. The van der Waals surface area contributed by atoms with Crippen molar-refractivity contribution in [2.75, 3.05) is 13.7 Å². The van der Waals surface area contributed by atoms with Crippen molar-refractivity contribution < 1.29 is 88.6 Å². The average Bonchev–Trinajstić information content (AvgIpc) is 3.14. The largest absolute Gasteiger partial charge is 0.507 e. The highest BCUT2D eigenvalue weighted by Crippen LogP contribution is 2.36. The number of ether oxygens (including phenoxy) is 7. The minimum absolute atomic E-state index is 0.0495. The molecule has 53 heavy (non-hydrogen) atoms. The first kappa shape index (κ1) is 39.0. The molecule has 3 aliphatic heterocycles. The third-order valence-corrected chi connectivity index (χ3v) is 9.50. The number of phenols is 1. The van der Waals surface area contributed by atoms with Gasteiger partial charge in [0.25, 0.3) is 0 Å². The topological polar surface area (TPSA) is 297 Å². The van der Waals surface area contributed by atoms with Crippen molar-refractivity contribution in [1.82, 2.24) is 0 Å². The minimum atomic E-state index is -1.79. The van der Waals surface area contributed by atoms with E-state index in [2.05, 4.69) is 0 Å². The molecule has 0 bridgehead atoms. The molecule has 15 atom stereocenters. The van der Waals surface area contributed by atoms with Gasteiger partial charge in [-0.15, -0.1) is 0 Å². The summed E-state index contributed by atoms with van der Waals surface area (Å²) in [6.45, 7) is 2.32. The Morgan fingerprint density at radius 3 is 1.98 bits per heavy atom. The van der Waals surface area contributed by atoms with Crippen LogP contribution in [0.25, 0.3) is 22.3 Å². The fourth-order valence-corrected chi connectivity index (χ4v) is 6.31. The van der Waals surface area contributed by atoms with Crippen LogP contribution in [0.3, 0.4) is 0 Å². The van der Waals surface area contributed by atoms with Gasteiger partial charge in [-0.1, -0.05) is 0 Å². The van der Waals surface area contributed by atoms with E-state index >= 15 is 0 Å². The Morgan fingerprint density at radius 2 is 1.30 bits per heavy atom. The first-order valence-corrected chi connectivity index (χ1v) is 16.6. The van der Waals surface area contributed by atoms with E-state index < -0.39 is 116 Å². The molecule has 10 N–H and O–H groups in total. The van der Waals surface area contributed by atoms with Crippen LogP contribution in [0.15, 0.2) is 45.6 Å². The molecule has 0 aliphatic carbocycles. The molecule has 3 fully saturated rings. The molecular weight excluding hydrogens is 712 g/mol. The normalized spacial score (nSPS) is 37.8. The van der Waals surface area contributed by atoms with Crippen molar-refractivity contribution in [3.63, 3.8) is 0 Å². The molecule has 6 rings (SSSR count). The molecule has 3 aromatic rings. The van der Waals surface area contributed by atoms with Gasteiger partial charge in [-0.3, -0.25) is 4.79 Å². The summed E-state index contributed by atoms with van der Waals surface area (Å²) in [6, 6.07) is 8.16. The maximum Gasteiger partial charge on any atom is 0.238 e. The van der Waals surface area contributed by atoms with Gasteiger partial charge in [0.2, 0.25) is 17.5 Å². The highest BCUT2D eigenvalue weighted by atomic mass is 16.7. The van der Waals surface area contributed by atoms with E-state index in [9.17, 15) is 55.9 Å². The third kappa shape index (κ3) is 7.54. The fourth-order valence-electron chi connectivity index (χ4n) is 6.31. The standard InChI is InChI=1S/C34H42O19/c1-11-20(36)24(40)27(43)33(49-11)53-31-21(37)12(2)48-32(29(31)45)47-10-18-22(38)25(41)28(44)34(52-18)50-14-6-4-13(5-7-14)30-26(42)23(39)19-16(35)8-15(46-3)9-17(19)51-30/h4-9,11-12,18,20-22,24-25,27-29,31-38,40-45H,10H2,1-3H3. The van der Waals surface area contributed by atoms with Crippen LogP contribution in [0, 0.1) is 0 Å². The zero-order valence-electron chi connectivity index (χ0n) is 28.5. The van der Waals surface area contributed by atoms with E-state index in [-0.39, 0.29) is 33.8 Å². The average molecular weight is 755 g/mol. The molecular formula is C34H42O19. The van der Waals surface area contributed by atoms with Gasteiger partial charge in [-0.2, -0.15) is 0 Å². The SMILES string of the molecule is COc1cc(O)c2c(=O)c(O)c(-c3ccc(OC4OC(COC5OC(C)C(O)C(OC6OC(C)C(O)C(O)C6O)C5O)C(O)C(O)C4O)cc3)oc2c1. The van der Waals surface area contributed by atoms with Crippen LogP contribution in [0.1, 0.15) is 13.8 Å². The lowest BCUT2D eigenvalue weighted by Crippen LogP contribution is -2.64. The van der Waals surface area contributed by atoms with Gasteiger partial charge in [0.1, 0.15) is 89.3 Å². The van der Waals surface area contributed by atoms with E-state index in [4.69, 9.17) is 37.6 Å². The molecule has 15 unspecified atom stereocenters. The smallest absolute Gasteiger partial charge is 0.238 e. The molecule has 0 saturated carbocycles. The van der Waals surface area contributed by atoms with Crippen LogP contribution in [0.5, 0.6) is 23.0 Å². The number of aromatic hydroxyl groups is 2. The lowest BCUT2D eigenvalue weighted by atomic mass is 9.97. The Morgan fingerprint density at radius 1 is 0.679 bits per heavy atom.